The van der Waals surface area contributed by atoms with Crippen molar-refractivity contribution in [2.45, 2.75) is 0 Å². The molecule has 0 radical (unpaired) electrons. The van der Waals surface area contributed by atoms with E-state index in [0.29, 0.717) is 5.56 Å². The highest BCUT2D eigenvalue weighted by Gasteiger charge is 1.96. The minimum atomic E-state index is -3.78. The zero-order valence-electron chi connectivity index (χ0n) is 6.01. The number of hydrogen-bond donors (Lipinski definition) is 0. The molecule has 0 atom stereocenters. The molecule has 0 spiro atoms. The van der Waals surface area contributed by atoms with E-state index in [2.05, 4.69) is 4.40 Å². The lowest BCUT2D eigenvalue weighted by molar-refractivity contribution is 0.611. The molecule has 0 saturated heterocycles. The first-order valence-electron chi connectivity index (χ1n) is 3.13. The van der Waals surface area contributed by atoms with Crippen molar-refractivity contribution in [3.05, 3.63) is 35.9 Å². The number of benzene rings is 1. The van der Waals surface area contributed by atoms with Gasteiger partial charge in [0.25, 0.3) is 0 Å². The van der Waals surface area contributed by atoms with Gasteiger partial charge in [0, 0.05) is 16.9 Å². The van der Waals surface area contributed by atoms with E-state index in [1.54, 1.807) is 24.3 Å². The molecule has 0 amide bonds. The Morgan fingerprint density at radius 1 is 1.25 bits per heavy atom. The monoisotopic (exact) mass is 203 g/mol. The number of rotatable bonds is 2. The smallest absolute Gasteiger partial charge is 0.187 e. The van der Waals surface area contributed by atoms with E-state index >= 15 is 0 Å². The van der Waals surface area contributed by atoms with Crippen LogP contribution in [0.5, 0.6) is 0 Å². The first-order chi connectivity index (χ1) is 5.58. The second-order valence-corrected chi connectivity index (χ2v) is 4.26. The van der Waals surface area contributed by atoms with E-state index in [0.717, 1.165) is 0 Å². The summed E-state index contributed by atoms with van der Waals surface area (Å²) in [4.78, 5) is 0. The molecule has 0 aliphatic heterocycles. The molecule has 64 valence electrons. The van der Waals surface area contributed by atoms with Gasteiger partial charge in [0.1, 0.15) is 0 Å². The zero-order chi connectivity index (χ0) is 9.03. The van der Waals surface area contributed by atoms with E-state index in [-0.39, 0.29) is 0 Å². The fourth-order valence-electron chi connectivity index (χ4n) is 0.663. The Labute approximate surface area is 75.3 Å². The first kappa shape index (κ1) is 9.22. The molecule has 0 aliphatic rings. The van der Waals surface area contributed by atoms with Crippen LogP contribution < -0.4 is 0 Å². The van der Waals surface area contributed by atoms with Crippen molar-refractivity contribution in [1.82, 2.24) is 0 Å². The third kappa shape index (κ3) is 3.50. The van der Waals surface area contributed by atoms with Gasteiger partial charge in [0.2, 0.25) is 0 Å². The summed E-state index contributed by atoms with van der Waals surface area (Å²) in [5, 5.41) is 0. The average Bonchev–Trinajstić information content (AvgIpc) is 2.02. The minimum absolute atomic E-state index is 0.696. The second kappa shape index (κ2) is 3.69. The van der Waals surface area contributed by atoms with Gasteiger partial charge in [-0.15, -0.1) is 0 Å². The molecular weight excluding hydrogens is 198 g/mol. The third-order valence-corrected chi connectivity index (χ3v) is 1.72. The minimum Gasteiger partial charge on any atom is -0.187 e. The van der Waals surface area contributed by atoms with Gasteiger partial charge in [-0.3, -0.25) is 0 Å². The molecule has 1 aromatic carbocycles. The molecule has 1 rings (SSSR count). The average molecular weight is 204 g/mol. The van der Waals surface area contributed by atoms with E-state index < -0.39 is 9.24 Å². The molecule has 0 unspecified atom stereocenters. The first-order valence-corrected chi connectivity index (χ1v) is 5.39. The van der Waals surface area contributed by atoms with Crippen LogP contribution >= 0.6 is 10.7 Å². The number of nitrogens with zero attached hydrogens (tertiary/aromatic N) is 1. The van der Waals surface area contributed by atoms with Crippen molar-refractivity contribution in [3.63, 3.8) is 0 Å². The fourth-order valence-corrected chi connectivity index (χ4v) is 1.03. The Kier molecular flexibility index (Phi) is 2.83. The van der Waals surface area contributed by atoms with Gasteiger partial charge >= 0.3 is 9.24 Å². The normalized spacial score (nSPS) is 12.1. The van der Waals surface area contributed by atoms with Crippen LogP contribution in [0.3, 0.4) is 0 Å². The van der Waals surface area contributed by atoms with E-state index in [9.17, 15) is 8.42 Å². The molecule has 1 aromatic rings. The molecule has 0 aromatic heterocycles. The summed E-state index contributed by atoms with van der Waals surface area (Å²) in [5.41, 5.74) is 0.696. The largest absolute Gasteiger partial charge is 0.339 e. The molecule has 0 bridgehead atoms. The van der Waals surface area contributed by atoms with Gasteiger partial charge in [-0.05, 0) is 5.56 Å². The van der Waals surface area contributed by atoms with Crippen molar-refractivity contribution in [2.24, 2.45) is 4.40 Å². The van der Waals surface area contributed by atoms with Crippen LogP contribution in [0.1, 0.15) is 5.56 Å². The maximum absolute atomic E-state index is 10.4. The lowest BCUT2D eigenvalue weighted by Gasteiger charge is -1.88. The second-order valence-electron chi connectivity index (χ2n) is 2.06. The van der Waals surface area contributed by atoms with Crippen LogP contribution in [0.4, 0.5) is 0 Å². The molecule has 12 heavy (non-hydrogen) atoms. The quantitative estimate of drug-likeness (QED) is 0.541. The molecule has 0 aliphatic carbocycles. The lowest BCUT2D eigenvalue weighted by Crippen LogP contribution is -1.85. The van der Waals surface area contributed by atoms with E-state index in [1.165, 1.54) is 6.21 Å². The summed E-state index contributed by atoms with van der Waals surface area (Å²) in [6, 6.07) is 8.84. The van der Waals surface area contributed by atoms with Gasteiger partial charge in [-0.25, -0.2) is 0 Å². The molecule has 0 fully saturated rings. The zero-order valence-corrected chi connectivity index (χ0v) is 7.59. The van der Waals surface area contributed by atoms with E-state index in [1.807, 2.05) is 6.07 Å². The number of halogens is 1. The fraction of sp³-hybridized carbons (Fsp3) is 0. The summed E-state index contributed by atoms with van der Waals surface area (Å²) in [6.45, 7) is 0. The van der Waals surface area contributed by atoms with Crippen LogP contribution in [-0.2, 0) is 9.24 Å². The highest BCUT2D eigenvalue weighted by atomic mass is 35.7. The molecule has 0 heterocycles. The maximum atomic E-state index is 10.4. The van der Waals surface area contributed by atoms with Crippen LogP contribution in [0.15, 0.2) is 34.7 Å². The summed E-state index contributed by atoms with van der Waals surface area (Å²) >= 11 is 0. The van der Waals surface area contributed by atoms with Crippen LogP contribution in [0.25, 0.3) is 0 Å². The SMILES string of the molecule is O=S(=O)(Cl)/N=C/c1ccccc1. The summed E-state index contributed by atoms with van der Waals surface area (Å²) in [7, 11) is 1.08. The molecule has 0 N–H and O–H groups in total. The van der Waals surface area contributed by atoms with Gasteiger partial charge in [0.15, 0.2) is 0 Å². The Morgan fingerprint density at radius 2 is 1.83 bits per heavy atom. The van der Waals surface area contributed by atoms with Crippen molar-refractivity contribution < 1.29 is 8.42 Å². The molecule has 5 heteroatoms. The highest BCUT2D eigenvalue weighted by Crippen LogP contribution is 1.99. The van der Waals surface area contributed by atoms with Crippen LogP contribution in [-0.4, -0.2) is 14.6 Å². The van der Waals surface area contributed by atoms with Gasteiger partial charge in [-0.1, -0.05) is 30.3 Å². The van der Waals surface area contributed by atoms with Crippen molar-refractivity contribution in [1.29, 1.82) is 0 Å². The van der Waals surface area contributed by atoms with Gasteiger partial charge in [0.05, 0.1) is 0 Å². The lowest BCUT2D eigenvalue weighted by atomic mass is 10.2. The van der Waals surface area contributed by atoms with Gasteiger partial charge in [-0.2, -0.15) is 12.8 Å². The standard InChI is InChI=1S/C7H6ClNO2S/c8-12(10,11)9-6-7-4-2-1-3-5-7/h1-6H/b9-6+. The Hall–Kier alpha value is -0.870. The molecular formula is C7H6ClNO2S. The molecule has 3 nitrogen and oxygen atoms in total. The highest BCUT2D eigenvalue weighted by molar-refractivity contribution is 8.12. The Balaban J connectivity index is 2.85. The summed E-state index contributed by atoms with van der Waals surface area (Å²) < 4.78 is 23.9. The Bertz CT molecular complexity index is 372. The van der Waals surface area contributed by atoms with Crippen molar-refractivity contribution in [3.8, 4) is 0 Å². The summed E-state index contributed by atoms with van der Waals surface area (Å²) in [5.74, 6) is 0. The van der Waals surface area contributed by atoms with Crippen LogP contribution in [0.2, 0.25) is 0 Å². The maximum Gasteiger partial charge on any atom is 0.339 e. The number of hydrogen-bond acceptors (Lipinski definition) is 2. The van der Waals surface area contributed by atoms with Crippen molar-refractivity contribution >= 4 is 26.1 Å². The molecule has 0 saturated carbocycles. The summed E-state index contributed by atoms with van der Waals surface area (Å²) in [6.07, 6.45) is 1.20. The topological polar surface area (TPSA) is 46.5 Å². The third-order valence-electron chi connectivity index (χ3n) is 1.13. The van der Waals surface area contributed by atoms with E-state index in [4.69, 9.17) is 10.7 Å². The van der Waals surface area contributed by atoms with Crippen LogP contribution in [0, 0.1) is 0 Å². The predicted octanol–water partition coefficient (Wildman–Crippen LogP) is 1.59. The van der Waals surface area contributed by atoms with Gasteiger partial charge < -0.3 is 0 Å². The Morgan fingerprint density at radius 3 is 2.33 bits per heavy atom. The van der Waals surface area contributed by atoms with Crippen molar-refractivity contribution in [2.75, 3.05) is 0 Å². The predicted molar refractivity (Wildman–Crippen MR) is 48.8 cm³/mol.